The molecule has 0 aliphatic carbocycles. The molecule has 3 rings (SSSR count). The molecule has 2 heterocycles. The second-order valence-corrected chi connectivity index (χ2v) is 7.21. The van der Waals surface area contributed by atoms with E-state index in [1.54, 1.807) is 25.2 Å². The van der Waals surface area contributed by atoms with Crippen molar-refractivity contribution >= 4 is 40.3 Å². The summed E-state index contributed by atoms with van der Waals surface area (Å²) in [6.45, 7) is 1.29. The Balaban J connectivity index is 1.83. The molecule has 1 aromatic rings. The minimum atomic E-state index is -0.0784. The van der Waals surface area contributed by atoms with E-state index in [4.69, 9.17) is 26.4 Å². The third-order valence-corrected chi connectivity index (χ3v) is 5.39. The van der Waals surface area contributed by atoms with Crippen molar-refractivity contribution in [2.75, 3.05) is 27.4 Å². The van der Waals surface area contributed by atoms with Crippen LogP contribution in [0.1, 0.15) is 18.4 Å². The number of benzene rings is 1. The molecule has 0 spiro atoms. The van der Waals surface area contributed by atoms with Crippen LogP contribution in [0.25, 0.3) is 6.08 Å². The van der Waals surface area contributed by atoms with Gasteiger partial charge in [-0.05, 0) is 37.1 Å². The molecule has 24 heavy (non-hydrogen) atoms. The fourth-order valence-electron chi connectivity index (χ4n) is 2.74. The van der Waals surface area contributed by atoms with E-state index in [2.05, 4.69) is 0 Å². The highest BCUT2D eigenvalue weighted by Gasteiger charge is 2.34. The summed E-state index contributed by atoms with van der Waals surface area (Å²) in [6.07, 6.45) is 3.89. The molecule has 0 N–H and O–H groups in total. The smallest absolute Gasteiger partial charge is 0.266 e. The molecule has 0 saturated carbocycles. The minimum absolute atomic E-state index is 0.0784. The van der Waals surface area contributed by atoms with Crippen molar-refractivity contribution in [1.29, 1.82) is 0 Å². The number of rotatable bonds is 5. The first-order valence-electron chi connectivity index (χ1n) is 7.71. The summed E-state index contributed by atoms with van der Waals surface area (Å²) in [5.41, 5.74) is 0.787. The van der Waals surface area contributed by atoms with E-state index in [1.807, 2.05) is 18.2 Å². The fourth-order valence-corrected chi connectivity index (χ4v) is 4.01. The first kappa shape index (κ1) is 17.3. The number of carbonyl (C=O) groups excluding carboxylic acids is 1. The Hall–Kier alpha value is -1.57. The van der Waals surface area contributed by atoms with Gasteiger partial charge in [-0.15, -0.1) is 0 Å². The molecule has 1 aromatic carbocycles. The summed E-state index contributed by atoms with van der Waals surface area (Å²) >= 11 is 6.68. The van der Waals surface area contributed by atoms with Crippen LogP contribution in [-0.4, -0.2) is 48.6 Å². The van der Waals surface area contributed by atoms with Gasteiger partial charge >= 0.3 is 0 Å². The Morgan fingerprint density at radius 1 is 1.42 bits per heavy atom. The lowest BCUT2D eigenvalue weighted by Crippen LogP contribution is -2.35. The van der Waals surface area contributed by atoms with Crippen LogP contribution < -0.4 is 9.47 Å². The van der Waals surface area contributed by atoms with E-state index in [1.165, 1.54) is 11.8 Å². The van der Waals surface area contributed by atoms with Gasteiger partial charge in [-0.2, -0.15) is 0 Å². The molecule has 5 nitrogen and oxygen atoms in total. The average molecular weight is 365 g/mol. The van der Waals surface area contributed by atoms with Gasteiger partial charge < -0.3 is 14.2 Å². The number of nitrogens with zero attached hydrogens (tertiary/aromatic N) is 1. The quantitative estimate of drug-likeness (QED) is 0.590. The zero-order chi connectivity index (χ0) is 17.1. The van der Waals surface area contributed by atoms with Gasteiger partial charge in [0, 0.05) is 12.2 Å². The van der Waals surface area contributed by atoms with Crippen LogP contribution in [0.15, 0.2) is 23.1 Å². The van der Waals surface area contributed by atoms with Crippen molar-refractivity contribution in [1.82, 2.24) is 4.90 Å². The van der Waals surface area contributed by atoms with Gasteiger partial charge in [0.1, 0.15) is 15.8 Å². The van der Waals surface area contributed by atoms with Crippen molar-refractivity contribution in [2.24, 2.45) is 0 Å². The van der Waals surface area contributed by atoms with Crippen LogP contribution >= 0.6 is 24.0 Å². The molecule has 7 heteroatoms. The number of amides is 1. The second-order valence-electron chi connectivity index (χ2n) is 5.54. The summed E-state index contributed by atoms with van der Waals surface area (Å²) in [5.74, 6) is 1.31. The third kappa shape index (κ3) is 3.58. The summed E-state index contributed by atoms with van der Waals surface area (Å²) < 4.78 is 16.8. The maximum atomic E-state index is 12.7. The highest BCUT2D eigenvalue weighted by molar-refractivity contribution is 8.26. The molecule has 1 atom stereocenters. The number of hydrogen-bond acceptors (Lipinski definition) is 6. The van der Waals surface area contributed by atoms with Gasteiger partial charge in [0.2, 0.25) is 0 Å². The zero-order valence-electron chi connectivity index (χ0n) is 13.6. The predicted molar refractivity (Wildman–Crippen MR) is 98.4 cm³/mol. The zero-order valence-corrected chi connectivity index (χ0v) is 15.2. The topological polar surface area (TPSA) is 48.0 Å². The highest BCUT2D eigenvalue weighted by Crippen LogP contribution is 2.35. The normalized spacial score (nSPS) is 22.5. The lowest BCUT2D eigenvalue weighted by Gasteiger charge is -2.18. The summed E-state index contributed by atoms with van der Waals surface area (Å²) in [7, 11) is 3.20. The summed E-state index contributed by atoms with van der Waals surface area (Å²) in [4.78, 5) is 14.9. The van der Waals surface area contributed by atoms with Crippen molar-refractivity contribution < 1.29 is 19.0 Å². The lowest BCUT2D eigenvalue weighted by molar-refractivity contribution is -0.123. The fraction of sp³-hybridized carbons (Fsp3) is 0.412. The molecular weight excluding hydrogens is 346 g/mol. The third-order valence-electron chi connectivity index (χ3n) is 4.01. The maximum absolute atomic E-state index is 12.7. The maximum Gasteiger partial charge on any atom is 0.266 e. The van der Waals surface area contributed by atoms with Crippen LogP contribution in [0.5, 0.6) is 11.5 Å². The van der Waals surface area contributed by atoms with E-state index in [0.717, 1.165) is 25.0 Å². The van der Waals surface area contributed by atoms with E-state index in [9.17, 15) is 4.79 Å². The lowest BCUT2D eigenvalue weighted by atomic mass is 10.1. The molecule has 2 aliphatic rings. The predicted octanol–water partition coefficient (Wildman–Crippen LogP) is 3.08. The molecule has 128 valence electrons. The molecule has 0 bridgehead atoms. The Labute approximate surface area is 150 Å². The molecule has 1 amide bonds. The summed E-state index contributed by atoms with van der Waals surface area (Å²) in [5, 5.41) is 0. The first-order chi connectivity index (χ1) is 11.6. The molecular formula is C17H19NO4S2. The van der Waals surface area contributed by atoms with Crippen LogP contribution in [0.4, 0.5) is 0 Å². The molecule has 2 fully saturated rings. The first-order valence-corrected chi connectivity index (χ1v) is 8.94. The standard InChI is InChI=1S/C17H19NO4S2/c1-20-12-5-6-14(21-2)11(8-12)9-15-16(19)18(17(23)24-15)10-13-4-3-7-22-13/h5-6,8-9,13H,3-4,7,10H2,1-2H3/b15-9+/t13-/m0/s1. The van der Waals surface area contributed by atoms with Gasteiger partial charge in [-0.25, -0.2) is 0 Å². The number of methoxy groups -OCH3 is 2. The average Bonchev–Trinajstić information content (AvgIpc) is 3.19. The number of ether oxygens (including phenoxy) is 3. The molecule has 0 unspecified atom stereocenters. The van der Waals surface area contributed by atoms with Crippen LogP contribution in [0, 0.1) is 0 Å². The van der Waals surface area contributed by atoms with Crippen molar-refractivity contribution in [3.05, 3.63) is 28.7 Å². The van der Waals surface area contributed by atoms with E-state index in [-0.39, 0.29) is 12.0 Å². The molecule has 2 saturated heterocycles. The monoisotopic (exact) mass is 365 g/mol. The SMILES string of the molecule is COc1ccc(OC)c(/C=C2/SC(=S)N(C[C@@H]3CCCO3)C2=O)c1. The van der Waals surface area contributed by atoms with Gasteiger partial charge in [0.25, 0.3) is 5.91 Å². The summed E-state index contributed by atoms with van der Waals surface area (Å²) in [6, 6.07) is 5.47. The Morgan fingerprint density at radius 3 is 2.92 bits per heavy atom. The van der Waals surface area contributed by atoms with Crippen molar-refractivity contribution in [3.63, 3.8) is 0 Å². The Kier molecular flexibility index (Phi) is 5.43. The Bertz CT molecular complexity index is 683. The van der Waals surface area contributed by atoms with E-state index in [0.29, 0.717) is 27.3 Å². The minimum Gasteiger partial charge on any atom is -0.497 e. The number of thioether (sulfide) groups is 1. The van der Waals surface area contributed by atoms with Crippen LogP contribution in [0.2, 0.25) is 0 Å². The van der Waals surface area contributed by atoms with Gasteiger partial charge in [-0.1, -0.05) is 24.0 Å². The number of thiocarbonyl (C=S) groups is 1. The highest BCUT2D eigenvalue weighted by atomic mass is 32.2. The van der Waals surface area contributed by atoms with Crippen LogP contribution in [-0.2, 0) is 9.53 Å². The molecule has 2 aliphatic heterocycles. The van der Waals surface area contributed by atoms with Crippen molar-refractivity contribution in [2.45, 2.75) is 18.9 Å². The largest absolute Gasteiger partial charge is 0.497 e. The molecule has 0 aromatic heterocycles. The Morgan fingerprint density at radius 2 is 2.25 bits per heavy atom. The van der Waals surface area contributed by atoms with Gasteiger partial charge in [-0.3, -0.25) is 9.69 Å². The van der Waals surface area contributed by atoms with Gasteiger partial charge in [0.15, 0.2) is 0 Å². The van der Waals surface area contributed by atoms with Gasteiger partial charge in [0.05, 0.1) is 31.8 Å². The molecule has 0 radical (unpaired) electrons. The number of carbonyl (C=O) groups is 1. The second kappa shape index (κ2) is 7.55. The van der Waals surface area contributed by atoms with E-state index >= 15 is 0 Å². The van der Waals surface area contributed by atoms with Crippen molar-refractivity contribution in [3.8, 4) is 11.5 Å². The number of hydrogen-bond donors (Lipinski definition) is 0. The van der Waals surface area contributed by atoms with Crippen LogP contribution in [0.3, 0.4) is 0 Å². The van der Waals surface area contributed by atoms with E-state index < -0.39 is 0 Å².